The second-order valence-electron chi connectivity index (χ2n) is 5.32. The van der Waals surface area contributed by atoms with Crippen molar-refractivity contribution in [2.45, 2.75) is 0 Å². The number of nitriles is 1. The van der Waals surface area contributed by atoms with Crippen molar-refractivity contribution in [3.8, 4) is 17.2 Å². The highest BCUT2D eigenvalue weighted by Crippen LogP contribution is 2.42. The zero-order valence-corrected chi connectivity index (χ0v) is 14.4. The second-order valence-corrected chi connectivity index (χ2v) is 6.32. The highest BCUT2D eigenvalue weighted by molar-refractivity contribution is 7.21. The van der Waals surface area contributed by atoms with Gasteiger partial charge in [0.2, 0.25) is 0 Å². The smallest absolute Gasteiger partial charge is 0.337 e. The normalized spacial score (nSPS) is 10.5. The minimum atomic E-state index is -0.686. The molecule has 0 atom stereocenters. The Hall–Kier alpha value is -3.64. The van der Waals surface area contributed by atoms with E-state index >= 15 is 0 Å². The number of hydrogen-bond donors (Lipinski definition) is 3. The number of nitrogens with zero attached hydrogens (tertiary/aromatic N) is 2. The molecule has 9 heteroatoms. The van der Waals surface area contributed by atoms with Crippen LogP contribution in [0.25, 0.3) is 21.3 Å². The van der Waals surface area contributed by atoms with Gasteiger partial charge in [0.15, 0.2) is 0 Å². The first-order valence-electron chi connectivity index (χ1n) is 7.29. The van der Waals surface area contributed by atoms with Crippen LogP contribution in [0.3, 0.4) is 0 Å². The Balaban J connectivity index is 2.35. The zero-order valence-electron chi connectivity index (χ0n) is 13.6. The molecular weight excluding hydrogens is 354 g/mol. The molecule has 130 valence electrons. The third-order valence-electron chi connectivity index (χ3n) is 3.83. The molecule has 1 aromatic carbocycles. The SMILES string of the molecule is COC(=O)c1ccc(-c2c(C#N)c(N)nc3sc(C(N)=O)c(N)c23)cc1. The first-order chi connectivity index (χ1) is 12.4. The third kappa shape index (κ3) is 2.58. The summed E-state index contributed by atoms with van der Waals surface area (Å²) < 4.78 is 4.67. The van der Waals surface area contributed by atoms with Crippen LogP contribution in [0.4, 0.5) is 11.5 Å². The lowest BCUT2D eigenvalue weighted by Gasteiger charge is -2.10. The van der Waals surface area contributed by atoms with Crippen LogP contribution in [0.5, 0.6) is 0 Å². The van der Waals surface area contributed by atoms with Gasteiger partial charge in [-0.15, -0.1) is 11.3 Å². The summed E-state index contributed by atoms with van der Waals surface area (Å²) in [6.07, 6.45) is 0. The van der Waals surface area contributed by atoms with Gasteiger partial charge in [0.25, 0.3) is 5.91 Å². The molecule has 6 N–H and O–H groups in total. The number of carbonyl (C=O) groups excluding carboxylic acids is 2. The first kappa shape index (κ1) is 17.2. The molecule has 2 heterocycles. The van der Waals surface area contributed by atoms with E-state index in [0.29, 0.717) is 26.9 Å². The number of pyridine rings is 1. The van der Waals surface area contributed by atoms with E-state index in [9.17, 15) is 14.9 Å². The maximum Gasteiger partial charge on any atom is 0.337 e. The van der Waals surface area contributed by atoms with E-state index in [2.05, 4.69) is 9.72 Å². The number of aromatic nitrogens is 1. The first-order valence-corrected chi connectivity index (χ1v) is 8.10. The summed E-state index contributed by atoms with van der Waals surface area (Å²) in [6.45, 7) is 0. The van der Waals surface area contributed by atoms with Gasteiger partial charge in [-0.25, -0.2) is 9.78 Å². The van der Waals surface area contributed by atoms with E-state index in [4.69, 9.17) is 17.2 Å². The summed E-state index contributed by atoms with van der Waals surface area (Å²) in [5, 5.41) is 9.97. The molecule has 26 heavy (non-hydrogen) atoms. The molecule has 0 spiro atoms. The molecule has 0 aliphatic rings. The largest absolute Gasteiger partial charge is 0.465 e. The van der Waals surface area contributed by atoms with Crippen molar-refractivity contribution in [2.75, 3.05) is 18.6 Å². The molecule has 3 rings (SSSR count). The number of nitrogen functional groups attached to an aromatic ring is 2. The Morgan fingerprint density at radius 3 is 2.42 bits per heavy atom. The van der Waals surface area contributed by atoms with E-state index in [1.54, 1.807) is 24.3 Å². The van der Waals surface area contributed by atoms with Crippen molar-refractivity contribution in [1.29, 1.82) is 5.26 Å². The van der Waals surface area contributed by atoms with Gasteiger partial charge in [-0.1, -0.05) is 12.1 Å². The monoisotopic (exact) mass is 367 g/mol. The van der Waals surface area contributed by atoms with Crippen molar-refractivity contribution in [3.63, 3.8) is 0 Å². The van der Waals surface area contributed by atoms with E-state index in [1.807, 2.05) is 6.07 Å². The number of benzene rings is 1. The Morgan fingerprint density at radius 2 is 1.88 bits per heavy atom. The van der Waals surface area contributed by atoms with Gasteiger partial charge in [0.1, 0.15) is 27.2 Å². The number of ether oxygens (including phenoxy) is 1. The van der Waals surface area contributed by atoms with Crippen molar-refractivity contribution in [2.24, 2.45) is 5.73 Å². The van der Waals surface area contributed by atoms with E-state index in [-0.39, 0.29) is 21.9 Å². The summed E-state index contributed by atoms with van der Waals surface area (Å²) in [7, 11) is 1.29. The van der Waals surface area contributed by atoms with Crippen LogP contribution < -0.4 is 17.2 Å². The van der Waals surface area contributed by atoms with Crippen LogP contribution >= 0.6 is 11.3 Å². The Bertz CT molecular complexity index is 1100. The van der Waals surface area contributed by atoms with E-state index in [1.165, 1.54) is 7.11 Å². The van der Waals surface area contributed by atoms with Gasteiger partial charge in [-0.2, -0.15) is 5.26 Å². The molecule has 1 amide bonds. The van der Waals surface area contributed by atoms with Crippen LogP contribution in [0.1, 0.15) is 25.6 Å². The molecule has 2 aromatic heterocycles. The Morgan fingerprint density at radius 1 is 1.23 bits per heavy atom. The summed E-state index contributed by atoms with van der Waals surface area (Å²) in [5.41, 5.74) is 19.0. The fourth-order valence-electron chi connectivity index (χ4n) is 2.65. The molecule has 0 saturated carbocycles. The number of rotatable bonds is 3. The fourth-order valence-corrected chi connectivity index (χ4v) is 3.61. The van der Waals surface area contributed by atoms with E-state index in [0.717, 1.165) is 11.3 Å². The Kier molecular flexibility index (Phi) is 4.19. The van der Waals surface area contributed by atoms with Crippen molar-refractivity contribution in [1.82, 2.24) is 4.98 Å². The number of methoxy groups -OCH3 is 1. The van der Waals surface area contributed by atoms with Gasteiger partial charge in [-0.05, 0) is 17.7 Å². The minimum Gasteiger partial charge on any atom is -0.465 e. The number of anilines is 2. The number of primary amides is 1. The number of hydrogen-bond acceptors (Lipinski definition) is 8. The number of nitrogens with two attached hydrogens (primary N) is 3. The highest BCUT2D eigenvalue weighted by atomic mass is 32.1. The van der Waals surface area contributed by atoms with E-state index < -0.39 is 11.9 Å². The average Bonchev–Trinajstić information content (AvgIpc) is 2.96. The van der Waals surface area contributed by atoms with Gasteiger partial charge in [0.05, 0.1) is 18.4 Å². The maximum absolute atomic E-state index is 11.6. The standard InChI is InChI=1S/C17H13N5O3S/c1-25-17(24)8-4-2-7(3-5-8)10-9(6-18)14(20)22-16-11(10)12(19)13(26-16)15(21)23/h2-5H,19H2,1H3,(H2,20,22)(H2,21,23). The zero-order chi connectivity index (χ0) is 19.0. The molecular formula is C17H13N5O3S. The summed E-state index contributed by atoms with van der Waals surface area (Å²) in [5.74, 6) is -1.15. The van der Waals surface area contributed by atoms with Crippen LogP contribution in [0.15, 0.2) is 24.3 Å². The van der Waals surface area contributed by atoms with Crippen LogP contribution in [0, 0.1) is 11.3 Å². The number of amides is 1. The summed E-state index contributed by atoms with van der Waals surface area (Å²) in [4.78, 5) is 27.9. The predicted molar refractivity (Wildman–Crippen MR) is 98.5 cm³/mol. The summed E-state index contributed by atoms with van der Waals surface area (Å²) >= 11 is 1.01. The maximum atomic E-state index is 11.6. The highest BCUT2D eigenvalue weighted by Gasteiger charge is 2.23. The van der Waals surface area contributed by atoms with Crippen LogP contribution in [0.2, 0.25) is 0 Å². The molecule has 8 nitrogen and oxygen atoms in total. The van der Waals surface area contributed by atoms with Crippen molar-refractivity contribution >= 4 is 44.9 Å². The topological polar surface area (TPSA) is 158 Å². The van der Waals surface area contributed by atoms with Crippen LogP contribution in [-0.2, 0) is 4.74 Å². The van der Waals surface area contributed by atoms with Crippen LogP contribution in [-0.4, -0.2) is 24.0 Å². The van der Waals surface area contributed by atoms with Gasteiger partial charge < -0.3 is 21.9 Å². The second kappa shape index (κ2) is 6.34. The Labute approximate surface area is 151 Å². The van der Waals surface area contributed by atoms with Crippen molar-refractivity contribution in [3.05, 3.63) is 40.3 Å². The van der Waals surface area contributed by atoms with Gasteiger partial charge >= 0.3 is 5.97 Å². The summed E-state index contributed by atoms with van der Waals surface area (Å²) in [6, 6.07) is 8.42. The molecule has 0 aliphatic carbocycles. The molecule has 0 aliphatic heterocycles. The predicted octanol–water partition coefficient (Wildman–Crippen LogP) is 1.88. The quantitative estimate of drug-likeness (QED) is 0.596. The number of thiophene rings is 1. The van der Waals surface area contributed by atoms with Crippen molar-refractivity contribution < 1.29 is 14.3 Å². The molecule has 0 radical (unpaired) electrons. The number of esters is 1. The van der Waals surface area contributed by atoms with Gasteiger partial charge in [0, 0.05) is 10.9 Å². The lowest BCUT2D eigenvalue weighted by atomic mass is 9.96. The molecule has 0 bridgehead atoms. The molecule has 0 unspecified atom stereocenters. The number of carbonyl (C=O) groups is 2. The number of fused-ring (bicyclic) bond motifs is 1. The minimum absolute atomic E-state index is 0.0179. The lowest BCUT2D eigenvalue weighted by Crippen LogP contribution is -2.10. The molecule has 0 fully saturated rings. The fraction of sp³-hybridized carbons (Fsp3) is 0.0588. The third-order valence-corrected chi connectivity index (χ3v) is 4.95. The average molecular weight is 367 g/mol. The lowest BCUT2D eigenvalue weighted by molar-refractivity contribution is 0.0600. The van der Waals surface area contributed by atoms with Gasteiger partial charge in [-0.3, -0.25) is 4.79 Å². The molecule has 0 saturated heterocycles. The molecule has 3 aromatic rings.